The lowest BCUT2D eigenvalue weighted by Gasteiger charge is -2.13. The molecule has 0 saturated carbocycles. The molecule has 1 aromatic heterocycles. The molecule has 0 aromatic carbocycles. The van der Waals surface area contributed by atoms with Gasteiger partial charge in [0.25, 0.3) is 5.91 Å². The Labute approximate surface area is 99.2 Å². The van der Waals surface area contributed by atoms with Gasteiger partial charge in [0.2, 0.25) is 0 Å². The number of thiophene rings is 1. The van der Waals surface area contributed by atoms with E-state index in [0.29, 0.717) is 6.54 Å². The van der Waals surface area contributed by atoms with Crippen LogP contribution in [0.1, 0.15) is 27.4 Å². The zero-order chi connectivity index (χ0) is 11.4. The first-order chi connectivity index (χ1) is 7.81. The number of hydrogen-bond acceptors (Lipinski definition) is 3. The molecule has 0 radical (unpaired) electrons. The SMILES string of the molecule is NCC#Cc1ccc(C(=O)N2CCCC2)s1. The Morgan fingerprint density at radius 3 is 2.88 bits per heavy atom. The lowest BCUT2D eigenvalue weighted by atomic mass is 10.4. The molecule has 0 bridgehead atoms. The minimum Gasteiger partial charge on any atom is -0.338 e. The summed E-state index contributed by atoms with van der Waals surface area (Å²) in [5, 5.41) is 0. The summed E-state index contributed by atoms with van der Waals surface area (Å²) >= 11 is 1.45. The molecule has 0 unspecified atom stereocenters. The van der Waals surface area contributed by atoms with Crippen LogP contribution in [-0.4, -0.2) is 30.4 Å². The molecule has 1 aliphatic heterocycles. The molecule has 2 N–H and O–H groups in total. The summed E-state index contributed by atoms with van der Waals surface area (Å²) in [4.78, 5) is 15.6. The highest BCUT2D eigenvalue weighted by molar-refractivity contribution is 7.14. The van der Waals surface area contributed by atoms with E-state index >= 15 is 0 Å². The number of nitrogens with two attached hydrogens (primary N) is 1. The average molecular weight is 234 g/mol. The normalized spacial score (nSPS) is 14.7. The van der Waals surface area contributed by atoms with Crippen LogP contribution < -0.4 is 5.73 Å². The summed E-state index contributed by atoms with van der Waals surface area (Å²) in [5.74, 6) is 5.87. The highest BCUT2D eigenvalue weighted by atomic mass is 32.1. The van der Waals surface area contributed by atoms with Crippen molar-refractivity contribution in [2.75, 3.05) is 19.6 Å². The first-order valence-electron chi connectivity index (χ1n) is 5.39. The molecule has 0 atom stereocenters. The lowest BCUT2D eigenvalue weighted by Crippen LogP contribution is -2.26. The van der Waals surface area contributed by atoms with E-state index in [1.54, 1.807) is 0 Å². The molecule has 1 aliphatic rings. The molecule has 1 saturated heterocycles. The summed E-state index contributed by atoms with van der Waals surface area (Å²) < 4.78 is 0. The monoisotopic (exact) mass is 234 g/mol. The number of carbonyl (C=O) groups is 1. The maximum atomic E-state index is 12.0. The van der Waals surface area contributed by atoms with Gasteiger partial charge in [-0.2, -0.15) is 0 Å². The molecule has 1 fully saturated rings. The second kappa shape index (κ2) is 5.15. The van der Waals surface area contributed by atoms with Gasteiger partial charge in [-0.25, -0.2) is 0 Å². The van der Waals surface area contributed by atoms with Gasteiger partial charge in [0.1, 0.15) is 0 Å². The quantitative estimate of drug-likeness (QED) is 0.744. The third-order valence-electron chi connectivity index (χ3n) is 2.52. The smallest absolute Gasteiger partial charge is 0.263 e. The summed E-state index contributed by atoms with van der Waals surface area (Å²) in [5.41, 5.74) is 5.30. The highest BCUT2D eigenvalue weighted by Crippen LogP contribution is 2.19. The molecule has 16 heavy (non-hydrogen) atoms. The maximum Gasteiger partial charge on any atom is 0.263 e. The number of carbonyl (C=O) groups excluding carboxylic acids is 1. The molecule has 84 valence electrons. The Bertz CT molecular complexity index is 435. The van der Waals surface area contributed by atoms with Crippen LogP contribution in [-0.2, 0) is 0 Å². The first kappa shape index (κ1) is 11.2. The molecule has 4 heteroatoms. The summed E-state index contributed by atoms with van der Waals surface area (Å²) in [6.07, 6.45) is 2.24. The number of nitrogens with zero attached hydrogens (tertiary/aromatic N) is 1. The van der Waals surface area contributed by atoms with Gasteiger partial charge < -0.3 is 10.6 Å². The van der Waals surface area contributed by atoms with E-state index in [2.05, 4.69) is 11.8 Å². The van der Waals surface area contributed by atoms with E-state index in [-0.39, 0.29) is 5.91 Å². The predicted octanol–water partition coefficient (Wildman–Crippen LogP) is 1.29. The number of amides is 1. The molecule has 3 nitrogen and oxygen atoms in total. The zero-order valence-corrected chi connectivity index (χ0v) is 9.85. The zero-order valence-electron chi connectivity index (χ0n) is 9.03. The molecule has 2 heterocycles. The third kappa shape index (κ3) is 2.43. The van der Waals surface area contributed by atoms with E-state index < -0.39 is 0 Å². The van der Waals surface area contributed by atoms with Crippen LogP contribution in [0.4, 0.5) is 0 Å². The maximum absolute atomic E-state index is 12.0. The standard InChI is InChI=1S/C12H14N2OS/c13-7-3-4-10-5-6-11(16-10)12(15)14-8-1-2-9-14/h5-6H,1-2,7-9,13H2. The van der Waals surface area contributed by atoms with E-state index in [4.69, 9.17) is 5.73 Å². The van der Waals surface area contributed by atoms with Crippen molar-refractivity contribution in [3.8, 4) is 11.8 Å². The van der Waals surface area contributed by atoms with Crippen LogP contribution in [0.3, 0.4) is 0 Å². The van der Waals surface area contributed by atoms with Gasteiger partial charge in [0.05, 0.1) is 16.3 Å². The van der Waals surface area contributed by atoms with Crippen molar-refractivity contribution < 1.29 is 4.79 Å². The van der Waals surface area contributed by atoms with Crippen LogP contribution in [0.5, 0.6) is 0 Å². The highest BCUT2D eigenvalue weighted by Gasteiger charge is 2.20. The first-order valence-corrected chi connectivity index (χ1v) is 6.21. The lowest BCUT2D eigenvalue weighted by molar-refractivity contribution is 0.0797. The van der Waals surface area contributed by atoms with Crippen molar-refractivity contribution in [1.82, 2.24) is 4.90 Å². The van der Waals surface area contributed by atoms with Gasteiger partial charge >= 0.3 is 0 Å². The number of likely N-dealkylation sites (tertiary alicyclic amines) is 1. The van der Waals surface area contributed by atoms with Gasteiger partial charge in [-0.05, 0) is 25.0 Å². The molecule has 1 aromatic rings. The Balaban J connectivity index is 2.08. The second-order valence-electron chi connectivity index (χ2n) is 3.67. The van der Waals surface area contributed by atoms with E-state index in [9.17, 15) is 4.79 Å². The van der Waals surface area contributed by atoms with E-state index in [1.165, 1.54) is 11.3 Å². The van der Waals surface area contributed by atoms with Gasteiger partial charge in [-0.3, -0.25) is 4.79 Å². The van der Waals surface area contributed by atoms with E-state index in [1.807, 2.05) is 17.0 Å². The summed E-state index contributed by atoms with van der Waals surface area (Å²) in [6.45, 7) is 2.13. The minimum atomic E-state index is 0.142. The summed E-state index contributed by atoms with van der Waals surface area (Å²) in [6, 6.07) is 3.74. The predicted molar refractivity (Wildman–Crippen MR) is 65.4 cm³/mol. The number of rotatable bonds is 1. The molecule has 2 rings (SSSR count). The Morgan fingerprint density at radius 2 is 2.19 bits per heavy atom. The van der Waals surface area contributed by atoms with Gasteiger partial charge in [0.15, 0.2) is 0 Å². The minimum absolute atomic E-state index is 0.142. The van der Waals surface area contributed by atoms with Crippen molar-refractivity contribution in [1.29, 1.82) is 0 Å². The van der Waals surface area contributed by atoms with Crippen LogP contribution >= 0.6 is 11.3 Å². The molecule has 1 amide bonds. The van der Waals surface area contributed by atoms with Crippen molar-refractivity contribution in [2.24, 2.45) is 5.73 Å². The Morgan fingerprint density at radius 1 is 1.44 bits per heavy atom. The average Bonchev–Trinajstić information content (AvgIpc) is 2.96. The summed E-state index contributed by atoms with van der Waals surface area (Å²) in [7, 11) is 0. The number of hydrogen-bond donors (Lipinski definition) is 1. The van der Waals surface area contributed by atoms with Crippen molar-refractivity contribution in [2.45, 2.75) is 12.8 Å². The Hall–Kier alpha value is -1.31. The van der Waals surface area contributed by atoms with Crippen LogP contribution in [0.2, 0.25) is 0 Å². The van der Waals surface area contributed by atoms with Crippen LogP contribution in [0.15, 0.2) is 12.1 Å². The fourth-order valence-corrected chi connectivity index (χ4v) is 2.58. The fraction of sp³-hybridized carbons (Fsp3) is 0.417. The Kier molecular flexibility index (Phi) is 3.60. The van der Waals surface area contributed by atoms with Crippen molar-refractivity contribution in [3.05, 3.63) is 21.9 Å². The topological polar surface area (TPSA) is 46.3 Å². The van der Waals surface area contributed by atoms with Crippen LogP contribution in [0.25, 0.3) is 0 Å². The van der Waals surface area contributed by atoms with Gasteiger partial charge in [-0.1, -0.05) is 11.8 Å². The van der Waals surface area contributed by atoms with Crippen LogP contribution in [0, 0.1) is 11.8 Å². The fourth-order valence-electron chi connectivity index (χ4n) is 1.73. The van der Waals surface area contributed by atoms with Gasteiger partial charge in [0, 0.05) is 13.1 Å². The third-order valence-corrected chi connectivity index (χ3v) is 3.51. The van der Waals surface area contributed by atoms with E-state index in [0.717, 1.165) is 35.7 Å². The molecular formula is C12H14N2OS. The molecular weight excluding hydrogens is 220 g/mol. The molecule has 0 aliphatic carbocycles. The molecule has 0 spiro atoms. The van der Waals surface area contributed by atoms with Crippen molar-refractivity contribution >= 4 is 17.2 Å². The second-order valence-corrected chi connectivity index (χ2v) is 4.75. The van der Waals surface area contributed by atoms with Crippen molar-refractivity contribution in [3.63, 3.8) is 0 Å². The largest absolute Gasteiger partial charge is 0.338 e. The van der Waals surface area contributed by atoms with Gasteiger partial charge in [-0.15, -0.1) is 11.3 Å².